The molecule has 1 atom stereocenters. The van der Waals surface area contributed by atoms with E-state index in [1.165, 1.54) is 70.6 Å². The van der Waals surface area contributed by atoms with E-state index in [0.717, 1.165) is 122 Å². The molecule has 0 bridgehead atoms. The van der Waals surface area contributed by atoms with Gasteiger partial charge >= 0.3 is 17.9 Å². The van der Waals surface area contributed by atoms with Gasteiger partial charge < -0.3 is 14.2 Å². The Hall–Kier alpha value is -4.19. The fourth-order valence-electron chi connectivity index (χ4n) is 7.08. The largest absolute Gasteiger partial charge is 0.462 e. The first-order valence-corrected chi connectivity index (χ1v) is 27.5. The highest BCUT2D eigenvalue weighted by molar-refractivity contribution is 5.72. The van der Waals surface area contributed by atoms with E-state index in [1.807, 2.05) is 6.08 Å². The topological polar surface area (TPSA) is 78.9 Å². The van der Waals surface area contributed by atoms with Crippen molar-refractivity contribution in [1.82, 2.24) is 0 Å². The number of hydrogen-bond donors (Lipinski definition) is 0. The van der Waals surface area contributed by atoms with Crippen LogP contribution in [-0.2, 0) is 28.6 Å². The number of ether oxygens (including phenoxy) is 3. The molecule has 0 saturated carbocycles. The molecule has 0 aromatic carbocycles. The average molecular weight is 941 g/mol. The zero-order valence-corrected chi connectivity index (χ0v) is 43.8. The van der Waals surface area contributed by atoms with Crippen molar-refractivity contribution < 1.29 is 28.6 Å². The van der Waals surface area contributed by atoms with Crippen LogP contribution in [0.4, 0.5) is 0 Å². The van der Waals surface area contributed by atoms with E-state index in [9.17, 15) is 14.4 Å². The van der Waals surface area contributed by atoms with Crippen molar-refractivity contribution in [1.29, 1.82) is 0 Å². The average Bonchev–Trinajstić information content (AvgIpc) is 3.34. The van der Waals surface area contributed by atoms with Crippen molar-refractivity contribution in [2.75, 3.05) is 13.2 Å². The Morgan fingerprint density at radius 2 is 0.632 bits per heavy atom. The molecule has 0 amide bonds. The van der Waals surface area contributed by atoms with Crippen molar-refractivity contribution in [2.24, 2.45) is 0 Å². The lowest BCUT2D eigenvalue weighted by atomic mass is 10.1. The van der Waals surface area contributed by atoms with Crippen LogP contribution < -0.4 is 0 Å². The first-order valence-electron chi connectivity index (χ1n) is 27.5. The minimum Gasteiger partial charge on any atom is -0.462 e. The number of esters is 3. The van der Waals surface area contributed by atoms with Crippen LogP contribution in [-0.4, -0.2) is 37.2 Å². The summed E-state index contributed by atoms with van der Waals surface area (Å²) in [4.78, 5) is 38.0. The first-order chi connectivity index (χ1) is 33.5. The Labute approximate surface area is 418 Å². The Kier molecular flexibility index (Phi) is 52.0. The lowest BCUT2D eigenvalue weighted by molar-refractivity contribution is -0.166. The summed E-state index contributed by atoms with van der Waals surface area (Å²) in [6, 6.07) is 0. The highest BCUT2D eigenvalue weighted by Gasteiger charge is 2.19. The zero-order chi connectivity index (χ0) is 49.3. The summed E-state index contributed by atoms with van der Waals surface area (Å²) in [5.41, 5.74) is 0. The fraction of sp³-hybridized carbons (Fsp3) is 0.629. The van der Waals surface area contributed by atoms with Crippen LogP contribution in [0, 0.1) is 0 Å². The molecule has 0 aromatic rings. The van der Waals surface area contributed by atoms with Gasteiger partial charge in [0.25, 0.3) is 0 Å². The normalized spacial score (nSPS) is 13.0. The summed E-state index contributed by atoms with van der Waals surface area (Å²) in [6.45, 7) is 6.36. The molecule has 0 spiro atoms. The number of carbonyl (C=O) groups excluding carboxylic acids is 3. The molecule has 1 unspecified atom stereocenters. The van der Waals surface area contributed by atoms with Gasteiger partial charge in [0.2, 0.25) is 0 Å². The minimum atomic E-state index is -0.834. The third-order valence-electron chi connectivity index (χ3n) is 11.2. The number of unbranched alkanes of at least 4 members (excludes halogenated alkanes) is 18. The maximum atomic E-state index is 12.8. The van der Waals surface area contributed by atoms with E-state index >= 15 is 0 Å². The maximum absolute atomic E-state index is 12.8. The van der Waals surface area contributed by atoms with Crippen LogP contribution in [0.15, 0.2) is 122 Å². The van der Waals surface area contributed by atoms with Crippen molar-refractivity contribution >= 4 is 17.9 Å². The molecule has 0 aromatic heterocycles. The molecule has 384 valence electrons. The number of rotatable bonds is 48. The molecule has 6 heteroatoms. The van der Waals surface area contributed by atoms with Gasteiger partial charge in [-0.2, -0.15) is 0 Å². The molecule has 0 aliphatic heterocycles. The minimum absolute atomic E-state index is 0.117. The predicted molar refractivity (Wildman–Crippen MR) is 293 cm³/mol. The summed E-state index contributed by atoms with van der Waals surface area (Å²) >= 11 is 0. The smallest absolute Gasteiger partial charge is 0.309 e. The van der Waals surface area contributed by atoms with Gasteiger partial charge in [-0.1, -0.05) is 219 Å². The Balaban J connectivity index is 4.55. The molecule has 0 saturated heterocycles. The van der Waals surface area contributed by atoms with Crippen molar-refractivity contribution in [2.45, 2.75) is 239 Å². The van der Waals surface area contributed by atoms with E-state index in [1.54, 1.807) is 6.08 Å². The number of allylic oxidation sites excluding steroid dienone is 19. The molecule has 0 heterocycles. The first kappa shape index (κ1) is 63.8. The molecule has 0 aliphatic carbocycles. The van der Waals surface area contributed by atoms with E-state index in [0.29, 0.717) is 6.42 Å². The van der Waals surface area contributed by atoms with Crippen LogP contribution in [0.2, 0.25) is 0 Å². The Morgan fingerprint density at radius 3 is 1.06 bits per heavy atom. The molecule has 0 fully saturated rings. The summed E-state index contributed by atoms with van der Waals surface area (Å²) in [5.74, 6) is -1.09. The van der Waals surface area contributed by atoms with Gasteiger partial charge in [0, 0.05) is 12.8 Å². The predicted octanol–water partition coefficient (Wildman–Crippen LogP) is 18.5. The van der Waals surface area contributed by atoms with Crippen LogP contribution in [0.3, 0.4) is 0 Å². The van der Waals surface area contributed by atoms with Gasteiger partial charge in [-0.3, -0.25) is 14.4 Å². The van der Waals surface area contributed by atoms with Crippen LogP contribution in [0.5, 0.6) is 0 Å². The van der Waals surface area contributed by atoms with Crippen LogP contribution in [0.1, 0.15) is 233 Å². The van der Waals surface area contributed by atoms with E-state index < -0.39 is 12.1 Å². The SMILES string of the molecule is CC/C=C\C/C=C\C/C=C\C/C=C\C/C=C\CC(=O)OCC(COC(=O)CCCCCCCC/C=C\C/C=C\C/C=C\CCCCC)OC(=O)CCCCCCC/C=C\C/C=C\CCCCCC. The molecule has 6 nitrogen and oxygen atoms in total. The molecule has 0 radical (unpaired) electrons. The van der Waals surface area contributed by atoms with Crippen molar-refractivity contribution in [3.8, 4) is 0 Å². The molecule has 0 rings (SSSR count). The second-order valence-electron chi connectivity index (χ2n) is 17.8. The van der Waals surface area contributed by atoms with E-state index in [2.05, 4.69) is 130 Å². The lowest BCUT2D eigenvalue weighted by Crippen LogP contribution is -2.30. The standard InChI is InChI=1S/C62H100O6/c1-4-7-10-13-16-19-22-25-28-30-31-32-35-37-40-43-46-49-52-55-61(64)67-58-59(57-66-60(63)54-51-48-45-42-39-36-33-27-24-21-18-15-12-9-6-3)68-62(65)56-53-50-47-44-41-38-34-29-26-23-20-17-14-11-8-5-2/h9,12,16,18-21,23,25,27-29,31-34,39,42,48,51,59H,4-8,10-11,13-15,17,22,24,26,30,35-38,40-41,43-47,49-50,52-58H2,1-3H3/b12-9-,19-16-,21-18-,23-20-,28-25-,32-31-,33-27-,34-29-,42-39-,51-48-. The van der Waals surface area contributed by atoms with Crippen molar-refractivity contribution in [3.63, 3.8) is 0 Å². The zero-order valence-electron chi connectivity index (χ0n) is 43.8. The maximum Gasteiger partial charge on any atom is 0.309 e. The third-order valence-corrected chi connectivity index (χ3v) is 11.2. The Morgan fingerprint density at radius 1 is 0.324 bits per heavy atom. The van der Waals surface area contributed by atoms with Gasteiger partial charge in [0.15, 0.2) is 6.10 Å². The highest BCUT2D eigenvalue weighted by Crippen LogP contribution is 2.13. The summed E-state index contributed by atoms with van der Waals surface area (Å²) in [6.07, 6.45) is 76.3. The highest BCUT2D eigenvalue weighted by atomic mass is 16.6. The fourth-order valence-corrected chi connectivity index (χ4v) is 7.08. The monoisotopic (exact) mass is 941 g/mol. The van der Waals surface area contributed by atoms with Gasteiger partial charge in [-0.05, 0) is 116 Å². The van der Waals surface area contributed by atoms with Gasteiger partial charge in [0.05, 0.1) is 6.42 Å². The van der Waals surface area contributed by atoms with E-state index in [4.69, 9.17) is 14.2 Å². The van der Waals surface area contributed by atoms with Crippen LogP contribution >= 0.6 is 0 Å². The number of hydrogen-bond acceptors (Lipinski definition) is 6. The summed E-state index contributed by atoms with van der Waals surface area (Å²) < 4.78 is 16.7. The lowest BCUT2D eigenvalue weighted by Gasteiger charge is -2.18. The second kappa shape index (κ2) is 55.4. The molecule has 68 heavy (non-hydrogen) atoms. The second-order valence-corrected chi connectivity index (χ2v) is 17.8. The number of carbonyl (C=O) groups is 3. The van der Waals surface area contributed by atoms with Gasteiger partial charge in [-0.15, -0.1) is 0 Å². The molecular weight excluding hydrogens is 841 g/mol. The summed E-state index contributed by atoms with van der Waals surface area (Å²) in [7, 11) is 0. The quantitative estimate of drug-likeness (QED) is 0.0262. The summed E-state index contributed by atoms with van der Waals surface area (Å²) in [5, 5.41) is 0. The molecular formula is C62H100O6. The molecule has 0 aliphatic rings. The van der Waals surface area contributed by atoms with Gasteiger partial charge in [-0.25, -0.2) is 0 Å². The third kappa shape index (κ3) is 52.8. The van der Waals surface area contributed by atoms with Gasteiger partial charge in [0.1, 0.15) is 13.2 Å². The van der Waals surface area contributed by atoms with E-state index in [-0.39, 0.29) is 38.0 Å². The Bertz CT molecular complexity index is 1450. The molecule has 0 N–H and O–H groups in total. The van der Waals surface area contributed by atoms with Crippen molar-refractivity contribution in [3.05, 3.63) is 122 Å². The van der Waals surface area contributed by atoms with Crippen LogP contribution in [0.25, 0.3) is 0 Å².